The summed E-state index contributed by atoms with van der Waals surface area (Å²) in [6, 6.07) is 1.57. The van der Waals surface area contributed by atoms with E-state index in [1.165, 1.54) is 6.20 Å². The number of nitrogens with zero attached hydrogens (tertiary/aromatic N) is 4. The summed E-state index contributed by atoms with van der Waals surface area (Å²) in [7, 11) is 0. The lowest BCUT2D eigenvalue weighted by Gasteiger charge is -1.96. The van der Waals surface area contributed by atoms with Crippen LogP contribution < -0.4 is 5.73 Å². The van der Waals surface area contributed by atoms with Crippen LogP contribution in [0, 0.1) is 0 Å². The number of fused-ring (bicyclic) bond motifs is 1. The maximum Gasteiger partial charge on any atom is 0.250 e. The maximum absolute atomic E-state index is 10.8. The lowest BCUT2D eigenvalue weighted by molar-refractivity contribution is 0.1000. The highest BCUT2D eigenvalue weighted by Crippen LogP contribution is 2.04. The fraction of sp³-hybridized carbons (Fsp3) is 0.250. The van der Waals surface area contributed by atoms with Crippen molar-refractivity contribution >= 4 is 11.6 Å². The molecule has 2 aromatic rings. The van der Waals surface area contributed by atoms with Gasteiger partial charge in [0.1, 0.15) is 0 Å². The summed E-state index contributed by atoms with van der Waals surface area (Å²) >= 11 is 0. The minimum absolute atomic E-state index is 0.340. The standard InChI is InChI=1S/C8H9N5O/c1-2-6-11-12-7-3-5(8(9)14)4-10-13(6)7/h3-4H,2H2,1H3,(H2,9,14). The third-order valence-corrected chi connectivity index (χ3v) is 1.93. The Morgan fingerprint density at radius 2 is 2.36 bits per heavy atom. The van der Waals surface area contributed by atoms with Gasteiger partial charge < -0.3 is 5.73 Å². The van der Waals surface area contributed by atoms with Crippen molar-refractivity contribution in [3.05, 3.63) is 23.7 Å². The van der Waals surface area contributed by atoms with Crippen molar-refractivity contribution in [3.63, 3.8) is 0 Å². The number of aromatic nitrogens is 4. The molecule has 1 amide bonds. The van der Waals surface area contributed by atoms with Crippen LogP contribution >= 0.6 is 0 Å². The Morgan fingerprint density at radius 3 is 3.00 bits per heavy atom. The Balaban J connectivity index is 2.63. The van der Waals surface area contributed by atoms with Crippen molar-refractivity contribution < 1.29 is 4.79 Å². The number of aryl methyl sites for hydroxylation is 1. The van der Waals surface area contributed by atoms with Crippen molar-refractivity contribution in [3.8, 4) is 0 Å². The van der Waals surface area contributed by atoms with Crippen LogP contribution in [0.15, 0.2) is 12.3 Å². The summed E-state index contributed by atoms with van der Waals surface area (Å²) in [5.74, 6) is 0.247. The first-order valence-corrected chi connectivity index (χ1v) is 4.22. The van der Waals surface area contributed by atoms with E-state index < -0.39 is 5.91 Å². The number of rotatable bonds is 2. The second kappa shape index (κ2) is 3.06. The summed E-state index contributed by atoms with van der Waals surface area (Å²) in [5, 5.41) is 11.8. The summed E-state index contributed by atoms with van der Waals surface area (Å²) in [5.41, 5.74) is 5.99. The van der Waals surface area contributed by atoms with Crippen molar-refractivity contribution in [2.75, 3.05) is 0 Å². The fourth-order valence-corrected chi connectivity index (χ4v) is 1.19. The Morgan fingerprint density at radius 1 is 1.57 bits per heavy atom. The van der Waals surface area contributed by atoms with Gasteiger partial charge in [0.25, 0.3) is 0 Å². The lowest BCUT2D eigenvalue weighted by Crippen LogP contribution is -2.12. The smallest absolute Gasteiger partial charge is 0.250 e. The average molecular weight is 191 g/mol. The average Bonchev–Trinajstić information content (AvgIpc) is 2.59. The normalized spacial score (nSPS) is 10.6. The zero-order chi connectivity index (χ0) is 10.1. The second-order valence-electron chi connectivity index (χ2n) is 2.85. The van der Waals surface area contributed by atoms with Crippen LogP contribution in [0.25, 0.3) is 5.65 Å². The summed E-state index contributed by atoms with van der Waals surface area (Å²) in [4.78, 5) is 10.8. The molecule has 0 fully saturated rings. The van der Waals surface area contributed by atoms with E-state index in [1.54, 1.807) is 10.6 Å². The minimum Gasteiger partial charge on any atom is -0.366 e. The SMILES string of the molecule is CCc1nnc2cc(C(N)=O)cnn12. The van der Waals surface area contributed by atoms with Crippen molar-refractivity contribution in [1.82, 2.24) is 19.8 Å². The van der Waals surface area contributed by atoms with Gasteiger partial charge in [0.2, 0.25) is 5.91 Å². The number of carbonyl (C=O) groups is 1. The molecule has 0 aliphatic carbocycles. The Bertz CT molecular complexity index is 489. The molecule has 6 heteroatoms. The van der Waals surface area contributed by atoms with Gasteiger partial charge in [0.05, 0.1) is 11.8 Å². The molecule has 2 heterocycles. The van der Waals surface area contributed by atoms with Crippen LogP contribution in [-0.4, -0.2) is 25.7 Å². The molecule has 0 saturated carbocycles. The van der Waals surface area contributed by atoms with Gasteiger partial charge in [-0.1, -0.05) is 6.92 Å². The van der Waals surface area contributed by atoms with E-state index in [2.05, 4.69) is 15.3 Å². The van der Waals surface area contributed by atoms with Crippen LogP contribution in [0.5, 0.6) is 0 Å². The van der Waals surface area contributed by atoms with E-state index >= 15 is 0 Å². The van der Waals surface area contributed by atoms with Gasteiger partial charge in [-0.2, -0.15) is 9.61 Å². The molecular formula is C8H9N5O. The van der Waals surface area contributed by atoms with Crippen molar-refractivity contribution in [2.45, 2.75) is 13.3 Å². The number of hydrogen-bond acceptors (Lipinski definition) is 4. The Labute approximate surface area is 79.7 Å². The second-order valence-corrected chi connectivity index (χ2v) is 2.85. The molecule has 6 nitrogen and oxygen atoms in total. The first kappa shape index (κ1) is 8.61. The van der Waals surface area contributed by atoms with Gasteiger partial charge in [0, 0.05) is 6.42 Å². The third-order valence-electron chi connectivity index (χ3n) is 1.93. The molecule has 2 aromatic heterocycles. The Hall–Kier alpha value is -1.98. The van der Waals surface area contributed by atoms with Crippen LogP contribution in [0.1, 0.15) is 23.1 Å². The van der Waals surface area contributed by atoms with Crippen LogP contribution in [0.4, 0.5) is 0 Å². The van der Waals surface area contributed by atoms with Gasteiger partial charge >= 0.3 is 0 Å². The van der Waals surface area contributed by atoms with Gasteiger partial charge in [-0.15, -0.1) is 10.2 Å². The summed E-state index contributed by atoms with van der Waals surface area (Å²) in [6.45, 7) is 1.96. The molecule has 0 bridgehead atoms. The topological polar surface area (TPSA) is 86.2 Å². The molecule has 2 N–H and O–H groups in total. The van der Waals surface area contributed by atoms with Crippen LogP contribution in [-0.2, 0) is 6.42 Å². The molecule has 14 heavy (non-hydrogen) atoms. The predicted molar refractivity (Wildman–Crippen MR) is 48.7 cm³/mol. The molecule has 0 saturated heterocycles. The highest BCUT2D eigenvalue weighted by Gasteiger charge is 2.07. The van der Waals surface area contributed by atoms with Gasteiger partial charge in [-0.05, 0) is 6.07 Å². The molecule has 0 aliphatic heterocycles. The molecule has 0 radical (unpaired) electrons. The van der Waals surface area contributed by atoms with Gasteiger partial charge in [0.15, 0.2) is 11.5 Å². The predicted octanol–water partition coefficient (Wildman–Crippen LogP) is -0.214. The molecule has 0 spiro atoms. The third kappa shape index (κ3) is 1.20. The number of primary amides is 1. The monoisotopic (exact) mass is 191 g/mol. The summed E-state index contributed by atoms with van der Waals surface area (Å²) < 4.78 is 1.59. The van der Waals surface area contributed by atoms with E-state index in [9.17, 15) is 4.79 Å². The molecule has 2 rings (SSSR count). The highest BCUT2D eigenvalue weighted by atomic mass is 16.1. The molecule has 0 unspecified atom stereocenters. The number of nitrogens with two attached hydrogens (primary N) is 1. The van der Waals surface area contributed by atoms with Crippen molar-refractivity contribution in [2.24, 2.45) is 5.73 Å². The largest absolute Gasteiger partial charge is 0.366 e. The lowest BCUT2D eigenvalue weighted by atomic mass is 10.3. The van der Waals surface area contributed by atoms with E-state index in [0.717, 1.165) is 12.2 Å². The van der Waals surface area contributed by atoms with E-state index in [-0.39, 0.29) is 0 Å². The molecule has 0 aliphatic rings. The van der Waals surface area contributed by atoms with E-state index in [4.69, 9.17) is 5.73 Å². The first-order valence-electron chi connectivity index (χ1n) is 4.22. The molecular weight excluding hydrogens is 182 g/mol. The number of carbonyl (C=O) groups excluding carboxylic acids is 1. The fourth-order valence-electron chi connectivity index (χ4n) is 1.19. The minimum atomic E-state index is -0.513. The van der Waals surface area contributed by atoms with Gasteiger partial charge in [-0.25, -0.2) is 0 Å². The van der Waals surface area contributed by atoms with Crippen LogP contribution in [0.3, 0.4) is 0 Å². The van der Waals surface area contributed by atoms with E-state index in [1.807, 2.05) is 6.92 Å². The highest BCUT2D eigenvalue weighted by molar-refractivity contribution is 5.93. The zero-order valence-electron chi connectivity index (χ0n) is 7.64. The number of amides is 1. The number of hydrogen-bond donors (Lipinski definition) is 1. The molecule has 0 aromatic carbocycles. The van der Waals surface area contributed by atoms with Crippen LogP contribution in [0.2, 0.25) is 0 Å². The first-order chi connectivity index (χ1) is 6.72. The summed E-state index contributed by atoms with van der Waals surface area (Å²) in [6.07, 6.45) is 2.15. The van der Waals surface area contributed by atoms with Gasteiger partial charge in [-0.3, -0.25) is 4.79 Å². The maximum atomic E-state index is 10.8. The molecule has 72 valence electrons. The zero-order valence-corrected chi connectivity index (χ0v) is 7.64. The molecule has 0 atom stereocenters. The Kier molecular flexibility index (Phi) is 1.88. The quantitative estimate of drug-likeness (QED) is 0.711. The van der Waals surface area contributed by atoms with E-state index in [0.29, 0.717) is 11.2 Å². The van der Waals surface area contributed by atoms with Crippen molar-refractivity contribution in [1.29, 1.82) is 0 Å².